The van der Waals surface area contributed by atoms with Gasteiger partial charge in [-0.15, -0.1) is 0 Å². The Morgan fingerprint density at radius 3 is 2.62 bits per heavy atom. The molecule has 7 heteroatoms. The molecule has 0 bridgehead atoms. The van der Waals surface area contributed by atoms with Crippen LogP contribution in [-0.2, 0) is 6.61 Å². The highest BCUT2D eigenvalue weighted by Gasteiger charge is 2.24. The van der Waals surface area contributed by atoms with Crippen LogP contribution in [0.3, 0.4) is 0 Å². The molecule has 3 rings (SSSR count). The summed E-state index contributed by atoms with van der Waals surface area (Å²) >= 11 is 0. The zero-order chi connectivity index (χ0) is 18.5. The largest absolute Gasteiger partial charge is 0.502 e. The fourth-order valence-corrected chi connectivity index (χ4v) is 2.50. The molecule has 3 N–H and O–H groups in total. The average Bonchev–Trinajstić information content (AvgIpc) is 2.69. The van der Waals surface area contributed by atoms with Crippen molar-refractivity contribution in [1.82, 2.24) is 4.98 Å². The van der Waals surface area contributed by atoms with Gasteiger partial charge >= 0.3 is 0 Å². The maximum Gasteiger partial charge on any atom is 0.227 e. The van der Waals surface area contributed by atoms with Gasteiger partial charge in [-0.25, -0.2) is 0 Å². The lowest BCUT2D eigenvalue weighted by Gasteiger charge is -2.20. The third-order valence-electron chi connectivity index (χ3n) is 3.80. The van der Waals surface area contributed by atoms with Crippen LogP contribution in [-0.4, -0.2) is 22.3 Å². The normalized spacial score (nSPS) is 11.8. The van der Waals surface area contributed by atoms with Crippen LogP contribution >= 0.6 is 0 Å². The number of nitrogens with zero attached hydrogens (tertiary/aromatic N) is 1. The second-order valence-corrected chi connectivity index (χ2v) is 5.51. The van der Waals surface area contributed by atoms with E-state index in [2.05, 4.69) is 10.3 Å². The van der Waals surface area contributed by atoms with E-state index in [1.54, 1.807) is 55.8 Å². The Balaban J connectivity index is 2.07. The van der Waals surface area contributed by atoms with E-state index in [1.165, 1.54) is 0 Å². The molecule has 0 radical (unpaired) electrons. The van der Waals surface area contributed by atoms with E-state index >= 15 is 0 Å². The number of hydrogen-bond acceptors (Lipinski definition) is 7. The molecule has 134 valence electrons. The van der Waals surface area contributed by atoms with E-state index in [-0.39, 0.29) is 11.5 Å². The summed E-state index contributed by atoms with van der Waals surface area (Å²) in [6, 6.07) is 12.7. The molecule has 1 atom stereocenters. The van der Waals surface area contributed by atoms with E-state index in [4.69, 9.17) is 9.15 Å². The molecule has 0 saturated carbocycles. The van der Waals surface area contributed by atoms with Crippen molar-refractivity contribution >= 4 is 5.69 Å². The highest BCUT2D eigenvalue weighted by Crippen LogP contribution is 2.31. The Morgan fingerprint density at radius 1 is 1.23 bits per heavy atom. The number of aromatic hydroxyl groups is 1. The first-order valence-electron chi connectivity index (χ1n) is 7.90. The number of hydrogen-bond donors (Lipinski definition) is 3. The van der Waals surface area contributed by atoms with Crippen molar-refractivity contribution < 1.29 is 19.4 Å². The van der Waals surface area contributed by atoms with E-state index in [1.807, 2.05) is 0 Å². The van der Waals surface area contributed by atoms with Gasteiger partial charge in [-0.05, 0) is 36.4 Å². The molecular formula is C19H18N2O5. The summed E-state index contributed by atoms with van der Waals surface area (Å²) in [4.78, 5) is 16.3. The summed E-state index contributed by atoms with van der Waals surface area (Å²) in [6.45, 7) is -0.458. The Labute approximate surface area is 149 Å². The van der Waals surface area contributed by atoms with Gasteiger partial charge in [0, 0.05) is 18.0 Å². The lowest BCUT2D eigenvalue weighted by atomic mass is 10.1. The van der Waals surface area contributed by atoms with Gasteiger partial charge in [0.1, 0.15) is 24.2 Å². The van der Waals surface area contributed by atoms with Crippen molar-refractivity contribution in [2.24, 2.45) is 0 Å². The van der Waals surface area contributed by atoms with Crippen molar-refractivity contribution in [3.8, 4) is 11.5 Å². The average molecular weight is 354 g/mol. The maximum atomic E-state index is 12.0. The second-order valence-electron chi connectivity index (χ2n) is 5.51. The zero-order valence-electron chi connectivity index (χ0n) is 14.0. The van der Waals surface area contributed by atoms with Crippen LogP contribution < -0.4 is 15.5 Å². The molecule has 0 amide bonds. The van der Waals surface area contributed by atoms with Crippen LogP contribution in [0.15, 0.2) is 63.9 Å². The van der Waals surface area contributed by atoms with Gasteiger partial charge in [0.2, 0.25) is 11.2 Å². The van der Waals surface area contributed by atoms with E-state index < -0.39 is 23.8 Å². The summed E-state index contributed by atoms with van der Waals surface area (Å²) < 4.78 is 10.7. The minimum absolute atomic E-state index is 0.0175. The molecular weight excluding hydrogens is 336 g/mol. The molecule has 2 heterocycles. The number of aromatic nitrogens is 1. The van der Waals surface area contributed by atoms with Gasteiger partial charge in [-0.2, -0.15) is 0 Å². The van der Waals surface area contributed by atoms with Crippen LogP contribution in [0, 0.1) is 0 Å². The predicted molar refractivity (Wildman–Crippen MR) is 95.3 cm³/mol. The number of aliphatic hydroxyl groups is 1. The molecule has 0 unspecified atom stereocenters. The van der Waals surface area contributed by atoms with Gasteiger partial charge in [0.25, 0.3) is 0 Å². The van der Waals surface area contributed by atoms with Gasteiger partial charge in [-0.3, -0.25) is 9.78 Å². The molecule has 0 aliphatic heterocycles. The third kappa shape index (κ3) is 3.68. The smallest absolute Gasteiger partial charge is 0.227 e. The second kappa shape index (κ2) is 7.71. The van der Waals surface area contributed by atoms with E-state index in [9.17, 15) is 15.0 Å². The molecule has 0 fully saturated rings. The van der Waals surface area contributed by atoms with E-state index in [0.29, 0.717) is 17.1 Å². The van der Waals surface area contributed by atoms with Crippen LogP contribution in [0.5, 0.6) is 11.5 Å². The van der Waals surface area contributed by atoms with Gasteiger partial charge < -0.3 is 24.7 Å². The first-order chi connectivity index (χ1) is 12.6. The first kappa shape index (κ1) is 17.5. The van der Waals surface area contributed by atoms with Crippen LogP contribution in [0.2, 0.25) is 0 Å². The summed E-state index contributed by atoms with van der Waals surface area (Å²) in [5, 5.41) is 22.7. The molecule has 1 aromatic carbocycles. The number of anilines is 1. The number of rotatable bonds is 6. The summed E-state index contributed by atoms with van der Waals surface area (Å²) in [7, 11) is 1.58. The molecule has 0 aliphatic carbocycles. The SMILES string of the molecule is COc1ccc(N[C@H](c2ccccn2)c2oc(CO)cc(=O)c2O)cc1. The number of nitrogens with one attached hydrogen (secondary N) is 1. The number of methoxy groups -OCH3 is 1. The number of ether oxygens (including phenoxy) is 1. The summed E-state index contributed by atoms with van der Waals surface area (Å²) in [6.07, 6.45) is 1.60. The van der Waals surface area contributed by atoms with Gasteiger partial charge in [-0.1, -0.05) is 6.07 Å². The third-order valence-corrected chi connectivity index (χ3v) is 3.80. The topological polar surface area (TPSA) is 105 Å². The minimum Gasteiger partial charge on any atom is -0.502 e. The van der Waals surface area contributed by atoms with E-state index in [0.717, 1.165) is 6.07 Å². The van der Waals surface area contributed by atoms with Crippen LogP contribution in [0.4, 0.5) is 5.69 Å². The molecule has 0 aliphatic rings. The lowest BCUT2D eigenvalue weighted by molar-refractivity contribution is 0.234. The highest BCUT2D eigenvalue weighted by atomic mass is 16.5. The molecule has 2 aromatic heterocycles. The van der Waals surface area contributed by atoms with Gasteiger partial charge in [0.05, 0.1) is 12.8 Å². The summed E-state index contributed by atoms with van der Waals surface area (Å²) in [5.41, 5.74) is 0.613. The van der Waals surface area contributed by atoms with Crippen molar-refractivity contribution in [2.75, 3.05) is 12.4 Å². The molecule has 26 heavy (non-hydrogen) atoms. The molecule has 0 saturated heterocycles. The van der Waals surface area contributed by atoms with Crippen molar-refractivity contribution in [3.63, 3.8) is 0 Å². The Hall–Kier alpha value is -3.32. The number of benzene rings is 1. The fourth-order valence-electron chi connectivity index (χ4n) is 2.50. The van der Waals surface area contributed by atoms with Crippen LogP contribution in [0.25, 0.3) is 0 Å². The van der Waals surface area contributed by atoms with Crippen molar-refractivity contribution in [3.05, 3.63) is 82.2 Å². The van der Waals surface area contributed by atoms with Crippen molar-refractivity contribution in [1.29, 1.82) is 0 Å². The van der Waals surface area contributed by atoms with Crippen molar-refractivity contribution in [2.45, 2.75) is 12.6 Å². The fraction of sp³-hybridized carbons (Fsp3) is 0.158. The number of aliphatic hydroxyl groups excluding tert-OH is 1. The molecule has 7 nitrogen and oxygen atoms in total. The predicted octanol–water partition coefficient (Wildman–Crippen LogP) is 2.44. The monoisotopic (exact) mass is 354 g/mol. The number of pyridine rings is 1. The zero-order valence-corrected chi connectivity index (χ0v) is 14.0. The van der Waals surface area contributed by atoms with Crippen LogP contribution in [0.1, 0.15) is 23.3 Å². The Kier molecular flexibility index (Phi) is 5.19. The Morgan fingerprint density at radius 2 is 2.00 bits per heavy atom. The summed E-state index contributed by atoms with van der Waals surface area (Å²) in [5.74, 6) is 0.205. The lowest BCUT2D eigenvalue weighted by Crippen LogP contribution is -2.17. The highest BCUT2D eigenvalue weighted by molar-refractivity contribution is 5.50. The maximum absolute atomic E-state index is 12.0. The molecule has 0 spiro atoms. The first-order valence-corrected chi connectivity index (χ1v) is 7.90. The molecule has 3 aromatic rings. The quantitative estimate of drug-likeness (QED) is 0.624. The minimum atomic E-state index is -0.733. The Bertz CT molecular complexity index is 923. The van der Waals surface area contributed by atoms with Gasteiger partial charge in [0.15, 0.2) is 5.76 Å². The standard InChI is InChI=1S/C19H18N2O5/c1-25-13-7-5-12(6-8-13)21-17(15-4-2-3-9-20-15)19-18(24)16(23)10-14(11-22)26-19/h2-10,17,21-22,24H,11H2,1H3/t17-/m1/s1.